The first-order chi connectivity index (χ1) is 10.7. The van der Waals surface area contributed by atoms with Crippen molar-refractivity contribution >= 4 is 17.4 Å². The number of carboxylic acids is 1. The number of aliphatic imine (C=N–C) groups is 1. The van der Waals surface area contributed by atoms with Gasteiger partial charge in [0.25, 0.3) is 0 Å². The molecule has 0 amide bonds. The Bertz CT molecular complexity index is 774. The third-order valence-corrected chi connectivity index (χ3v) is 3.46. The summed E-state index contributed by atoms with van der Waals surface area (Å²) < 4.78 is 1.87. The van der Waals surface area contributed by atoms with Crippen LogP contribution in [0.5, 0.6) is 0 Å². The molecule has 0 fully saturated rings. The first kappa shape index (κ1) is 14.1. The quantitative estimate of drug-likeness (QED) is 0.904. The van der Waals surface area contributed by atoms with Crippen LogP contribution in [-0.2, 0) is 11.3 Å². The van der Waals surface area contributed by atoms with Gasteiger partial charge in [-0.15, -0.1) is 0 Å². The molecular formula is C16H16N4O2. The van der Waals surface area contributed by atoms with Crippen molar-refractivity contribution in [3.8, 4) is 11.1 Å². The van der Waals surface area contributed by atoms with Crippen LogP contribution >= 0.6 is 0 Å². The number of aromatic nitrogens is 2. The van der Waals surface area contributed by atoms with Crippen molar-refractivity contribution in [1.29, 1.82) is 0 Å². The van der Waals surface area contributed by atoms with Gasteiger partial charge in [0.05, 0.1) is 18.4 Å². The Morgan fingerprint density at radius 3 is 2.91 bits per heavy atom. The van der Waals surface area contributed by atoms with Crippen LogP contribution in [0.4, 0.5) is 0 Å². The zero-order valence-electron chi connectivity index (χ0n) is 12.2. The highest BCUT2D eigenvalue weighted by Crippen LogP contribution is 2.24. The molecule has 0 spiro atoms. The number of benzene rings is 1. The number of aliphatic carboxylic acids is 1. The van der Waals surface area contributed by atoms with E-state index < -0.39 is 5.97 Å². The molecule has 0 radical (unpaired) electrons. The van der Waals surface area contributed by atoms with Gasteiger partial charge in [-0.05, 0) is 18.6 Å². The first-order valence-corrected chi connectivity index (χ1v) is 7.05. The maximum atomic E-state index is 11.0. The fourth-order valence-electron chi connectivity index (χ4n) is 2.28. The third-order valence-electron chi connectivity index (χ3n) is 3.46. The molecule has 0 saturated carbocycles. The molecule has 112 valence electrons. The summed E-state index contributed by atoms with van der Waals surface area (Å²) in [5.41, 5.74) is 3.65. The maximum Gasteiger partial charge on any atom is 0.352 e. The van der Waals surface area contributed by atoms with Crippen LogP contribution in [-0.4, -0.2) is 33.1 Å². The van der Waals surface area contributed by atoms with Crippen molar-refractivity contribution < 1.29 is 9.90 Å². The summed E-state index contributed by atoms with van der Waals surface area (Å²) in [4.78, 5) is 15.2. The number of carbonyl (C=O) groups is 1. The van der Waals surface area contributed by atoms with Crippen LogP contribution in [0, 0.1) is 0 Å². The highest BCUT2D eigenvalue weighted by Gasteiger charge is 2.15. The van der Waals surface area contributed by atoms with Crippen LogP contribution in [0.25, 0.3) is 16.8 Å². The Morgan fingerprint density at radius 2 is 2.18 bits per heavy atom. The van der Waals surface area contributed by atoms with Gasteiger partial charge >= 0.3 is 5.97 Å². The molecule has 6 nitrogen and oxygen atoms in total. The van der Waals surface area contributed by atoms with E-state index in [9.17, 15) is 4.79 Å². The Morgan fingerprint density at radius 1 is 1.36 bits per heavy atom. The highest BCUT2D eigenvalue weighted by molar-refractivity contribution is 6.37. The van der Waals surface area contributed by atoms with Crippen molar-refractivity contribution in [3.05, 3.63) is 48.4 Å². The van der Waals surface area contributed by atoms with Crippen LogP contribution in [0.1, 0.15) is 12.5 Å². The van der Waals surface area contributed by atoms with Crippen LogP contribution in [0.3, 0.4) is 0 Å². The summed E-state index contributed by atoms with van der Waals surface area (Å²) in [6, 6.07) is 7.83. The molecular weight excluding hydrogens is 280 g/mol. The summed E-state index contributed by atoms with van der Waals surface area (Å²) >= 11 is 0. The van der Waals surface area contributed by atoms with E-state index >= 15 is 0 Å². The van der Waals surface area contributed by atoms with E-state index in [1.54, 1.807) is 6.20 Å². The van der Waals surface area contributed by atoms with Gasteiger partial charge in [-0.25, -0.2) is 9.79 Å². The van der Waals surface area contributed by atoms with Gasteiger partial charge in [0.1, 0.15) is 5.71 Å². The van der Waals surface area contributed by atoms with Crippen molar-refractivity contribution in [2.45, 2.75) is 13.5 Å². The molecule has 1 aliphatic rings. The average molecular weight is 296 g/mol. The van der Waals surface area contributed by atoms with Crippen molar-refractivity contribution in [2.24, 2.45) is 4.99 Å². The lowest BCUT2D eigenvalue weighted by molar-refractivity contribution is -0.129. The largest absolute Gasteiger partial charge is 0.477 e. The van der Waals surface area contributed by atoms with Gasteiger partial charge in [0.15, 0.2) is 0 Å². The van der Waals surface area contributed by atoms with Crippen molar-refractivity contribution in [3.63, 3.8) is 0 Å². The Labute approximate surface area is 127 Å². The molecule has 1 aromatic carbocycles. The van der Waals surface area contributed by atoms with Gasteiger partial charge in [-0.2, -0.15) is 5.10 Å². The average Bonchev–Trinajstić information content (AvgIpc) is 3.04. The molecule has 3 rings (SSSR count). The molecule has 0 bridgehead atoms. The van der Waals surface area contributed by atoms with E-state index in [0.29, 0.717) is 5.70 Å². The van der Waals surface area contributed by atoms with E-state index in [2.05, 4.69) is 15.4 Å². The summed E-state index contributed by atoms with van der Waals surface area (Å²) in [6.45, 7) is 3.09. The topological polar surface area (TPSA) is 79.5 Å². The van der Waals surface area contributed by atoms with Crippen LogP contribution < -0.4 is 5.32 Å². The standard InChI is InChI=1S/C16H16N4O2/c1-2-20-10-13(7-18-20)11-4-3-5-12(6-11)14-8-17-9-15(19-14)16(21)22/h3-8,10,17H,2,9H2,1H3,(H,21,22). The molecule has 1 aromatic heterocycles. The first-order valence-electron chi connectivity index (χ1n) is 7.05. The van der Waals surface area contributed by atoms with Gasteiger partial charge in [-0.3, -0.25) is 4.68 Å². The normalized spacial score (nSPS) is 14.0. The fraction of sp³-hybridized carbons (Fsp3) is 0.188. The van der Waals surface area contributed by atoms with E-state index in [0.717, 1.165) is 23.2 Å². The Balaban J connectivity index is 1.94. The minimum absolute atomic E-state index is 0.113. The molecule has 0 aliphatic carbocycles. The predicted octanol–water partition coefficient (Wildman–Crippen LogP) is 2.00. The summed E-state index contributed by atoms with van der Waals surface area (Å²) in [5, 5.41) is 16.3. The fourth-order valence-corrected chi connectivity index (χ4v) is 2.28. The smallest absolute Gasteiger partial charge is 0.352 e. The Kier molecular flexibility index (Phi) is 3.74. The SMILES string of the molecule is CCn1cc(-c2cccc(C3=CNCC(C(=O)O)=N3)c2)cn1. The van der Waals surface area contributed by atoms with Gasteiger partial charge in [-0.1, -0.05) is 18.2 Å². The highest BCUT2D eigenvalue weighted by atomic mass is 16.4. The lowest BCUT2D eigenvalue weighted by Crippen LogP contribution is -2.28. The van der Waals surface area contributed by atoms with E-state index in [1.165, 1.54) is 0 Å². The molecule has 2 heterocycles. The number of aryl methyl sites for hydroxylation is 1. The van der Waals surface area contributed by atoms with E-state index in [-0.39, 0.29) is 12.3 Å². The van der Waals surface area contributed by atoms with Gasteiger partial charge < -0.3 is 10.4 Å². The molecule has 2 N–H and O–H groups in total. The van der Waals surface area contributed by atoms with Crippen molar-refractivity contribution in [2.75, 3.05) is 6.54 Å². The van der Waals surface area contributed by atoms with Gasteiger partial charge in [0, 0.05) is 30.1 Å². The number of nitrogens with zero attached hydrogens (tertiary/aromatic N) is 3. The summed E-state index contributed by atoms with van der Waals surface area (Å²) in [7, 11) is 0. The van der Waals surface area contributed by atoms with Crippen LogP contribution in [0.2, 0.25) is 0 Å². The predicted molar refractivity (Wildman–Crippen MR) is 84.4 cm³/mol. The van der Waals surface area contributed by atoms with E-state index in [1.807, 2.05) is 48.3 Å². The molecule has 0 unspecified atom stereocenters. The van der Waals surface area contributed by atoms with Gasteiger partial charge in [0.2, 0.25) is 0 Å². The zero-order chi connectivity index (χ0) is 15.5. The lowest BCUT2D eigenvalue weighted by atomic mass is 10.0. The third kappa shape index (κ3) is 2.76. The Hall–Kier alpha value is -2.89. The minimum Gasteiger partial charge on any atom is -0.477 e. The van der Waals surface area contributed by atoms with E-state index in [4.69, 9.17) is 5.11 Å². The van der Waals surface area contributed by atoms with Crippen molar-refractivity contribution in [1.82, 2.24) is 15.1 Å². The minimum atomic E-state index is -1.00. The molecule has 0 atom stereocenters. The molecule has 2 aromatic rings. The number of hydrogen-bond donors (Lipinski definition) is 2. The molecule has 6 heteroatoms. The molecule has 1 aliphatic heterocycles. The van der Waals surface area contributed by atoms with Crippen LogP contribution in [0.15, 0.2) is 47.9 Å². The second-order valence-electron chi connectivity index (χ2n) is 4.94. The summed E-state index contributed by atoms with van der Waals surface area (Å²) in [6.07, 6.45) is 5.54. The molecule has 0 saturated heterocycles. The number of hydrogen-bond acceptors (Lipinski definition) is 4. The number of nitrogens with one attached hydrogen (secondary N) is 1. The molecule has 22 heavy (non-hydrogen) atoms. The second kappa shape index (κ2) is 5.85. The lowest BCUT2D eigenvalue weighted by Gasteiger charge is -2.12. The monoisotopic (exact) mass is 296 g/mol. The maximum absolute atomic E-state index is 11.0. The second-order valence-corrected chi connectivity index (χ2v) is 4.94. The zero-order valence-corrected chi connectivity index (χ0v) is 12.2. The summed E-state index contributed by atoms with van der Waals surface area (Å²) in [5.74, 6) is -1.00. The number of carboxylic acid groups (broad SMARTS) is 1. The number of rotatable bonds is 4.